The first-order valence-corrected chi connectivity index (χ1v) is 7.01. The minimum Gasteiger partial charge on any atom is -0.368 e. The van der Waals surface area contributed by atoms with E-state index in [1.807, 2.05) is 0 Å². The second kappa shape index (κ2) is 8.29. The van der Waals surface area contributed by atoms with E-state index in [1.54, 1.807) is 0 Å². The Morgan fingerprint density at radius 1 is 1.35 bits per heavy atom. The summed E-state index contributed by atoms with van der Waals surface area (Å²) in [7, 11) is 0. The molecular weight excluding hydrogens is 258 g/mol. The normalized spacial score (nSPS) is 10.8. The van der Waals surface area contributed by atoms with Crippen LogP contribution in [0.25, 0.3) is 0 Å². The van der Waals surface area contributed by atoms with E-state index in [-0.39, 0.29) is 17.5 Å². The maximum atomic E-state index is 10.8. The van der Waals surface area contributed by atoms with Crippen molar-refractivity contribution in [2.24, 2.45) is 5.92 Å². The van der Waals surface area contributed by atoms with Crippen molar-refractivity contribution in [1.29, 1.82) is 0 Å². The molecule has 0 saturated carbocycles. The molecule has 1 aromatic rings. The molecule has 0 radical (unpaired) electrons. The van der Waals surface area contributed by atoms with Gasteiger partial charge in [0.05, 0.1) is 4.92 Å². The first-order chi connectivity index (χ1) is 9.50. The summed E-state index contributed by atoms with van der Waals surface area (Å²) in [5.41, 5.74) is 5.30. The fourth-order valence-electron chi connectivity index (χ4n) is 1.89. The van der Waals surface area contributed by atoms with Gasteiger partial charge in [0, 0.05) is 6.54 Å². The summed E-state index contributed by atoms with van der Waals surface area (Å²) < 4.78 is 0. The number of hydrogen-bond donors (Lipinski definition) is 2. The molecule has 0 spiro atoms. The van der Waals surface area contributed by atoms with Crippen LogP contribution in [-0.4, -0.2) is 21.4 Å². The first-order valence-electron chi connectivity index (χ1n) is 7.01. The number of aromatic nitrogens is 2. The van der Waals surface area contributed by atoms with Crippen molar-refractivity contribution in [2.45, 2.75) is 46.0 Å². The fourth-order valence-corrected chi connectivity index (χ4v) is 1.89. The number of rotatable bonds is 9. The molecule has 1 heterocycles. The maximum Gasteiger partial charge on any atom is 0.329 e. The second-order valence-corrected chi connectivity index (χ2v) is 5.24. The van der Waals surface area contributed by atoms with Crippen molar-refractivity contribution in [3.63, 3.8) is 0 Å². The van der Waals surface area contributed by atoms with Gasteiger partial charge in [0.25, 0.3) is 0 Å². The van der Waals surface area contributed by atoms with Crippen molar-refractivity contribution >= 4 is 17.5 Å². The van der Waals surface area contributed by atoms with Gasteiger partial charge >= 0.3 is 5.69 Å². The van der Waals surface area contributed by atoms with Crippen LogP contribution in [0.5, 0.6) is 0 Å². The predicted molar refractivity (Wildman–Crippen MR) is 79.5 cm³/mol. The lowest BCUT2D eigenvalue weighted by Gasteiger charge is -2.07. The lowest BCUT2D eigenvalue weighted by Crippen LogP contribution is -2.08. The van der Waals surface area contributed by atoms with Gasteiger partial charge < -0.3 is 11.1 Å². The van der Waals surface area contributed by atoms with E-state index in [0.717, 1.165) is 25.0 Å². The van der Waals surface area contributed by atoms with E-state index in [4.69, 9.17) is 5.73 Å². The number of anilines is 2. The maximum absolute atomic E-state index is 10.8. The van der Waals surface area contributed by atoms with Gasteiger partial charge in [0.15, 0.2) is 0 Å². The van der Waals surface area contributed by atoms with Crippen LogP contribution < -0.4 is 11.1 Å². The Hall–Kier alpha value is -1.92. The van der Waals surface area contributed by atoms with E-state index in [2.05, 4.69) is 29.1 Å². The number of hydrogen-bond acceptors (Lipinski definition) is 6. The Morgan fingerprint density at radius 3 is 2.70 bits per heavy atom. The van der Waals surface area contributed by atoms with Crippen molar-refractivity contribution in [3.8, 4) is 0 Å². The zero-order valence-corrected chi connectivity index (χ0v) is 12.1. The molecule has 0 atom stereocenters. The summed E-state index contributed by atoms with van der Waals surface area (Å²) in [6.45, 7) is 5.10. The van der Waals surface area contributed by atoms with Gasteiger partial charge in [-0.25, -0.2) is 4.98 Å². The molecule has 0 fully saturated rings. The molecule has 0 aliphatic carbocycles. The highest BCUT2D eigenvalue weighted by atomic mass is 16.6. The third kappa shape index (κ3) is 5.81. The van der Waals surface area contributed by atoms with Gasteiger partial charge in [-0.3, -0.25) is 10.1 Å². The number of nitrogen functional groups attached to an aromatic ring is 1. The zero-order valence-electron chi connectivity index (χ0n) is 12.1. The monoisotopic (exact) mass is 281 g/mol. The summed E-state index contributed by atoms with van der Waals surface area (Å²) in [4.78, 5) is 17.8. The average molecular weight is 281 g/mol. The highest BCUT2D eigenvalue weighted by Gasteiger charge is 2.15. The summed E-state index contributed by atoms with van der Waals surface area (Å²) in [6.07, 6.45) is 6.87. The van der Waals surface area contributed by atoms with Crippen LogP contribution >= 0.6 is 0 Å². The summed E-state index contributed by atoms with van der Waals surface area (Å²) in [5, 5.41) is 13.8. The van der Waals surface area contributed by atoms with E-state index in [1.165, 1.54) is 19.3 Å². The Kier molecular flexibility index (Phi) is 6.69. The van der Waals surface area contributed by atoms with Gasteiger partial charge in [0.1, 0.15) is 6.20 Å². The van der Waals surface area contributed by atoms with Crippen LogP contribution in [-0.2, 0) is 0 Å². The van der Waals surface area contributed by atoms with Crippen LogP contribution in [0.3, 0.4) is 0 Å². The van der Waals surface area contributed by atoms with E-state index >= 15 is 0 Å². The number of nitro groups is 1. The minimum absolute atomic E-state index is 0.0371. The summed E-state index contributed by atoms with van der Waals surface area (Å²) in [5.74, 6) is 0.986. The van der Waals surface area contributed by atoms with Crippen LogP contribution in [0.15, 0.2) is 6.20 Å². The molecule has 0 amide bonds. The molecule has 7 heteroatoms. The third-order valence-electron chi connectivity index (χ3n) is 2.99. The number of nitrogens with two attached hydrogens (primary N) is 1. The molecule has 0 aliphatic rings. The third-order valence-corrected chi connectivity index (χ3v) is 2.99. The number of nitrogens with one attached hydrogen (secondary N) is 1. The highest BCUT2D eigenvalue weighted by molar-refractivity contribution is 5.56. The highest BCUT2D eigenvalue weighted by Crippen LogP contribution is 2.21. The Morgan fingerprint density at radius 2 is 2.05 bits per heavy atom. The van der Waals surface area contributed by atoms with E-state index in [9.17, 15) is 10.1 Å². The van der Waals surface area contributed by atoms with Crippen molar-refractivity contribution in [2.75, 3.05) is 17.6 Å². The molecule has 1 rings (SSSR count). The largest absolute Gasteiger partial charge is 0.368 e. The van der Waals surface area contributed by atoms with E-state index < -0.39 is 4.92 Å². The Bertz CT molecular complexity index is 437. The second-order valence-electron chi connectivity index (χ2n) is 5.24. The molecule has 112 valence electrons. The molecule has 0 bridgehead atoms. The van der Waals surface area contributed by atoms with Gasteiger partial charge in [0.2, 0.25) is 11.8 Å². The van der Waals surface area contributed by atoms with Crippen LogP contribution in [0.2, 0.25) is 0 Å². The molecule has 20 heavy (non-hydrogen) atoms. The quantitative estimate of drug-likeness (QED) is 0.409. The van der Waals surface area contributed by atoms with Crippen LogP contribution in [0.1, 0.15) is 46.0 Å². The molecule has 3 N–H and O–H groups in total. The van der Waals surface area contributed by atoms with E-state index in [0.29, 0.717) is 6.54 Å². The molecule has 0 saturated heterocycles. The number of unbranched alkanes of at least 4 members (excludes halogenated alkanes) is 3. The molecule has 0 aromatic carbocycles. The van der Waals surface area contributed by atoms with Crippen molar-refractivity contribution < 1.29 is 4.92 Å². The fraction of sp³-hybridized carbons (Fsp3) is 0.692. The Labute approximate surface area is 119 Å². The van der Waals surface area contributed by atoms with Gasteiger partial charge in [-0.15, -0.1) is 0 Å². The molecule has 7 nitrogen and oxygen atoms in total. The molecule has 0 aliphatic heterocycles. The van der Waals surface area contributed by atoms with Crippen LogP contribution in [0.4, 0.5) is 17.5 Å². The first kappa shape index (κ1) is 16.1. The minimum atomic E-state index is -0.510. The standard InChI is InChI=1S/C13H23N5O2/c1-10(2)7-5-3-4-6-8-15-12-11(18(19)20)9-16-13(14)17-12/h9-10H,3-8H2,1-2H3,(H3,14,15,16,17). The van der Waals surface area contributed by atoms with Gasteiger partial charge in [-0.05, 0) is 12.3 Å². The topological polar surface area (TPSA) is 107 Å². The summed E-state index contributed by atoms with van der Waals surface area (Å²) >= 11 is 0. The van der Waals surface area contributed by atoms with Crippen molar-refractivity contribution in [3.05, 3.63) is 16.3 Å². The average Bonchev–Trinajstić information content (AvgIpc) is 2.37. The van der Waals surface area contributed by atoms with Crippen molar-refractivity contribution in [1.82, 2.24) is 9.97 Å². The Balaban J connectivity index is 2.31. The lowest BCUT2D eigenvalue weighted by atomic mass is 10.0. The molecule has 0 unspecified atom stereocenters. The van der Waals surface area contributed by atoms with Gasteiger partial charge in [-0.1, -0.05) is 39.5 Å². The SMILES string of the molecule is CC(C)CCCCCCNc1nc(N)ncc1[N+](=O)[O-]. The van der Waals surface area contributed by atoms with Crippen LogP contribution in [0, 0.1) is 16.0 Å². The predicted octanol–water partition coefficient (Wildman–Crippen LogP) is 2.99. The number of nitrogens with zero attached hydrogens (tertiary/aromatic N) is 3. The molecular formula is C13H23N5O2. The lowest BCUT2D eigenvalue weighted by molar-refractivity contribution is -0.384. The smallest absolute Gasteiger partial charge is 0.329 e. The zero-order chi connectivity index (χ0) is 15.0. The molecule has 1 aromatic heterocycles. The van der Waals surface area contributed by atoms with Gasteiger partial charge in [-0.2, -0.15) is 4.98 Å². The summed E-state index contributed by atoms with van der Waals surface area (Å²) in [6, 6.07) is 0.